The standard InChI is InChI=1S/C23H34ClN5/c1-2-3-9-23-25-16-20(26-23)17-27-10-5-8-22(18-27)29-13-11-28(12-14-29)21-7-4-6-19(24)15-21/h4,6-7,15-16,22H,2-3,5,8-14,17-18H2,1H3,(H,25,26)/t22-/m1/s1. The van der Waals surface area contributed by atoms with Crippen molar-refractivity contribution in [1.82, 2.24) is 19.8 Å². The second-order valence-electron chi connectivity index (χ2n) is 8.49. The number of imidazole rings is 1. The molecule has 0 unspecified atom stereocenters. The number of H-pyrrole nitrogens is 1. The second-order valence-corrected chi connectivity index (χ2v) is 8.93. The van der Waals surface area contributed by atoms with E-state index in [9.17, 15) is 0 Å². The fourth-order valence-electron chi connectivity index (χ4n) is 4.69. The van der Waals surface area contributed by atoms with Crippen LogP contribution >= 0.6 is 11.6 Å². The van der Waals surface area contributed by atoms with Crippen molar-refractivity contribution in [2.45, 2.75) is 51.6 Å². The number of rotatable bonds is 7. The molecule has 2 aromatic rings. The lowest BCUT2D eigenvalue weighted by molar-refractivity contribution is 0.0881. The number of benzene rings is 1. The van der Waals surface area contributed by atoms with E-state index in [1.807, 2.05) is 18.3 Å². The molecule has 1 aromatic carbocycles. The third-order valence-electron chi connectivity index (χ3n) is 6.33. The molecule has 0 bridgehead atoms. The number of aromatic amines is 1. The minimum atomic E-state index is 0.674. The number of hydrogen-bond acceptors (Lipinski definition) is 4. The molecule has 2 saturated heterocycles. The molecule has 6 heteroatoms. The van der Waals surface area contributed by atoms with Crippen molar-refractivity contribution in [3.63, 3.8) is 0 Å². The lowest BCUT2D eigenvalue weighted by Crippen LogP contribution is -2.55. The largest absolute Gasteiger partial charge is 0.369 e. The van der Waals surface area contributed by atoms with Gasteiger partial charge in [-0.3, -0.25) is 9.80 Å². The van der Waals surface area contributed by atoms with Gasteiger partial charge in [0.2, 0.25) is 0 Å². The van der Waals surface area contributed by atoms with Gasteiger partial charge >= 0.3 is 0 Å². The predicted molar refractivity (Wildman–Crippen MR) is 121 cm³/mol. The zero-order valence-corrected chi connectivity index (χ0v) is 18.4. The summed E-state index contributed by atoms with van der Waals surface area (Å²) in [6.07, 6.45) is 8.14. The van der Waals surface area contributed by atoms with Crippen LogP contribution in [0.2, 0.25) is 5.02 Å². The molecule has 1 atom stereocenters. The molecule has 1 N–H and O–H groups in total. The lowest BCUT2D eigenvalue weighted by Gasteiger charge is -2.44. The van der Waals surface area contributed by atoms with E-state index in [-0.39, 0.29) is 0 Å². The van der Waals surface area contributed by atoms with Crippen LogP contribution in [-0.4, -0.2) is 65.1 Å². The SMILES string of the molecule is CCCCc1ncc(CN2CCC[C@@H](N3CCN(c4cccc(Cl)c4)CC3)C2)[nH]1. The maximum absolute atomic E-state index is 6.17. The van der Waals surface area contributed by atoms with Crippen LogP contribution in [0.3, 0.4) is 0 Å². The van der Waals surface area contributed by atoms with Crippen LogP contribution in [0.5, 0.6) is 0 Å². The number of halogens is 1. The van der Waals surface area contributed by atoms with Gasteiger partial charge in [0.15, 0.2) is 0 Å². The van der Waals surface area contributed by atoms with Crippen LogP contribution < -0.4 is 4.90 Å². The normalized spacial score (nSPS) is 21.6. The van der Waals surface area contributed by atoms with E-state index < -0.39 is 0 Å². The fraction of sp³-hybridized carbons (Fsp3) is 0.609. The summed E-state index contributed by atoms with van der Waals surface area (Å²) in [6, 6.07) is 8.92. The Morgan fingerprint density at radius 1 is 1.17 bits per heavy atom. The lowest BCUT2D eigenvalue weighted by atomic mass is 10.0. The van der Waals surface area contributed by atoms with E-state index in [0.717, 1.165) is 50.0 Å². The molecule has 0 aliphatic carbocycles. The number of piperazine rings is 1. The average molecular weight is 416 g/mol. The molecule has 0 amide bonds. The van der Waals surface area contributed by atoms with Crippen LogP contribution in [0, 0.1) is 0 Å². The molecule has 3 heterocycles. The van der Waals surface area contributed by atoms with Crippen molar-refractivity contribution in [3.05, 3.63) is 47.0 Å². The molecule has 2 fully saturated rings. The summed E-state index contributed by atoms with van der Waals surface area (Å²) in [5.41, 5.74) is 2.52. The summed E-state index contributed by atoms with van der Waals surface area (Å²) in [7, 11) is 0. The number of nitrogens with zero attached hydrogens (tertiary/aromatic N) is 4. The minimum Gasteiger partial charge on any atom is -0.369 e. The number of piperidine rings is 1. The Hall–Kier alpha value is -1.56. The van der Waals surface area contributed by atoms with Crippen LogP contribution in [0.15, 0.2) is 30.5 Å². The van der Waals surface area contributed by atoms with E-state index in [2.05, 4.69) is 43.7 Å². The molecule has 2 aliphatic rings. The smallest absolute Gasteiger partial charge is 0.106 e. The van der Waals surface area contributed by atoms with Gasteiger partial charge in [-0.15, -0.1) is 0 Å². The zero-order valence-electron chi connectivity index (χ0n) is 17.6. The Morgan fingerprint density at radius 3 is 2.83 bits per heavy atom. The van der Waals surface area contributed by atoms with Gasteiger partial charge in [0, 0.05) is 74.3 Å². The van der Waals surface area contributed by atoms with E-state index in [0.29, 0.717) is 6.04 Å². The zero-order chi connectivity index (χ0) is 20.1. The first-order valence-corrected chi connectivity index (χ1v) is 11.6. The van der Waals surface area contributed by atoms with Gasteiger partial charge in [0.25, 0.3) is 0 Å². The predicted octanol–water partition coefficient (Wildman–Crippen LogP) is 4.19. The summed E-state index contributed by atoms with van der Waals surface area (Å²) in [5, 5.41) is 0.824. The van der Waals surface area contributed by atoms with Crippen LogP contribution in [0.4, 0.5) is 5.69 Å². The van der Waals surface area contributed by atoms with E-state index in [1.165, 1.54) is 50.2 Å². The second kappa shape index (κ2) is 9.96. The Bertz CT molecular complexity index is 768. The quantitative estimate of drug-likeness (QED) is 0.735. The van der Waals surface area contributed by atoms with Crippen LogP contribution in [-0.2, 0) is 13.0 Å². The Kier molecular flexibility index (Phi) is 7.11. The van der Waals surface area contributed by atoms with Gasteiger partial charge < -0.3 is 9.88 Å². The summed E-state index contributed by atoms with van der Waals surface area (Å²) in [5.74, 6) is 1.15. The van der Waals surface area contributed by atoms with E-state index in [4.69, 9.17) is 11.6 Å². The van der Waals surface area contributed by atoms with Crippen molar-refractivity contribution in [3.8, 4) is 0 Å². The average Bonchev–Trinajstić information content (AvgIpc) is 3.20. The number of anilines is 1. The number of hydrogen-bond donors (Lipinski definition) is 1. The molecule has 1 aromatic heterocycles. The first-order valence-electron chi connectivity index (χ1n) is 11.2. The van der Waals surface area contributed by atoms with Gasteiger partial charge in [-0.1, -0.05) is 31.0 Å². The molecular weight excluding hydrogens is 382 g/mol. The van der Waals surface area contributed by atoms with Crippen molar-refractivity contribution >= 4 is 17.3 Å². The monoisotopic (exact) mass is 415 g/mol. The number of nitrogens with one attached hydrogen (secondary N) is 1. The highest BCUT2D eigenvalue weighted by Crippen LogP contribution is 2.23. The Labute approximate surface area is 180 Å². The Balaban J connectivity index is 1.27. The Morgan fingerprint density at radius 2 is 2.03 bits per heavy atom. The minimum absolute atomic E-state index is 0.674. The van der Waals surface area contributed by atoms with Gasteiger partial charge in [0.1, 0.15) is 5.82 Å². The summed E-state index contributed by atoms with van der Waals surface area (Å²) >= 11 is 6.17. The summed E-state index contributed by atoms with van der Waals surface area (Å²) < 4.78 is 0. The topological polar surface area (TPSA) is 38.4 Å². The molecule has 158 valence electrons. The highest BCUT2D eigenvalue weighted by atomic mass is 35.5. The number of unbranched alkanes of at least 4 members (excludes halogenated alkanes) is 1. The molecular formula is C23H34ClN5. The van der Waals surface area contributed by atoms with Crippen LogP contribution in [0.25, 0.3) is 0 Å². The van der Waals surface area contributed by atoms with Crippen molar-refractivity contribution in [2.24, 2.45) is 0 Å². The van der Waals surface area contributed by atoms with Gasteiger partial charge in [0.05, 0.1) is 0 Å². The third-order valence-corrected chi connectivity index (χ3v) is 6.56. The number of aromatic nitrogens is 2. The molecule has 4 rings (SSSR count). The van der Waals surface area contributed by atoms with Gasteiger partial charge in [-0.25, -0.2) is 4.98 Å². The van der Waals surface area contributed by atoms with Crippen molar-refractivity contribution < 1.29 is 0 Å². The molecule has 5 nitrogen and oxygen atoms in total. The summed E-state index contributed by atoms with van der Waals surface area (Å²) in [6.45, 7) is 10.0. The first-order chi connectivity index (χ1) is 14.2. The van der Waals surface area contributed by atoms with Gasteiger partial charge in [-0.05, 0) is 44.0 Å². The molecule has 29 heavy (non-hydrogen) atoms. The molecule has 2 aliphatic heterocycles. The van der Waals surface area contributed by atoms with Crippen molar-refractivity contribution in [2.75, 3.05) is 44.2 Å². The maximum atomic E-state index is 6.17. The molecule has 0 saturated carbocycles. The molecule has 0 spiro atoms. The third kappa shape index (κ3) is 5.53. The van der Waals surface area contributed by atoms with Gasteiger partial charge in [-0.2, -0.15) is 0 Å². The molecule has 0 radical (unpaired) electrons. The number of likely N-dealkylation sites (tertiary alicyclic amines) is 1. The van der Waals surface area contributed by atoms with E-state index >= 15 is 0 Å². The fourth-order valence-corrected chi connectivity index (χ4v) is 4.87. The number of aryl methyl sites for hydroxylation is 1. The first kappa shape index (κ1) is 20.7. The highest BCUT2D eigenvalue weighted by Gasteiger charge is 2.28. The van der Waals surface area contributed by atoms with Crippen LogP contribution in [0.1, 0.15) is 44.1 Å². The highest BCUT2D eigenvalue weighted by molar-refractivity contribution is 6.30. The van der Waals surface area contributed by atoms with Crippen molar-refractivity contribution in [1.29, 1.82) is 0 Å². The maximum Gasteiger partial charge on any atom is 0.106 e. The summed E-state index contributed by atoms with van der Waals surface area (Å²) in [4.78, 5) is 15.9. The van der Waals surface area contributed by atoms with E-state index in [1.54, 1.807) is 0 Å².